The molecule has 0 fully saturated rings. The van der Waals surface area contributed by atoms with Gasteiger partial charge in [-0.25, -0.2) is 0 Å². The summed E-state index contributed by atoms with van der Waals surface area (Å²) in [6.45, 7) is 2.24. The summed E-state index contributed by atoms with van der Waals surface area (Å²) in [6, 6.07) is 11.0. The number of nitriles is 1. The van der Waals surface area contributed by atoms with Crippen LogP contribution in [-0.2, 0) is 11.2 Å². The summed E-state index contributed by atoms with van der Waals surface area (Å²) in [5, 5.41) is 11.9. The second kappa shape index (κ2) is 6.55. The molecule has 0 bridgehead atoms. The van der Waals surface area contributed by atoms with Crippen LogP contribution in [-0.4, -0.2) is 12.7 Å². The van der Waals surface area contributed by atoms with E-state index in [1.165, 1.54) is 4.88 Å². The highest BCUT2D eigenvalue weighted by molar-refractivity contribution is 7.12. The summed E-state index contributed by atoms with van der Waals surface area (Å²) < 4.78 is 10.5. The minimum atomic E-state index is -0.446. The van der Waals surface area contributed by atoms with Crippen molar-refractivity contribution in [2.24, 2.45) is 0 Å². The van der Waals surface area contributed by atoms with Crippen molar-refractivity contribution in [2.75, 3.05) is 12.1 Å². The van der Waals surface area contributed by atoms with Gasteiger partial charge in [-0.3, -0.25) is 4.79 Å². The quantitative estimate of drug-likeness (QED) is 0.688. The third-order valence-corrected chi connectivity index (χ3v) is 4.49. The normalized spacial score (nSPS) is 12.8. The molecule has 0 radical (unpaired) electrons. The third-order valence-electron chi connectivity index (χ3n) is 3.31. The lowest BCUT2D eigenvalue weighted by Gasteiger charge is -2.05. The molecule has 116 valence electrons. The molecule has 23 heavy (non-hydrogen) atoms. The van der Waals surface area contributed by atoms with Crippen LogP contribution in [0.3, 0.4) is 0 Å². The number of thiophene rings is 1. The van der Waals surface area contributed by atoms with E-state index in [4.69, 9.17) is 9.47 Å². The van der Waals surface area contributed by atoms with Gasteiger partial charge < -0.3 is 14.8 Å². The summed E-state index contributed by atoms with van der Waals surface area (Å²) in [7, 11) is 0. The first-order valence-electron chi connectivity index (χ1n) is 7.11. The van der Waals surface area contributed by atoms with Crippen LogP contribution in [0.15, 0.2) is 35.9 Å². The number of nitrogens with one attached hydrogen (secondary N) is 1. The maximum absolute atomic E-state index is 12.3. The molecule has 0 atom stereocenters. The predicted octanol–water partition coefficient (Wildman–Crippen LogP) is 3.58. The van der Waals surface area contributed by atoms with E-state index < -0.39 is 5.91 Å². The van der Waals surface area contributed by atoms with Gasteiger partial charge in [0.1, 0.15) is 11.6 Å². The van der Waals surface area contributed by atoms with Crippen molar-refractivity contribution in [1.29, 1.82) is 5.26 Å². The summed E-state index contributed by atoms with van der Waals surface area (Å²) in [5.74, 6) is 0.777. The molecule has 1 aliphatic heterocycles. The van der Waals surface area contributed by atoms with Crippen molar-refractivity contribution in [3.05, 3.63) is 45.7 Å². The number of hydrogen-bond donors (Lipinski definition) is 1. The number of carbonyl (C=O) groups excluding carboxylic acids is 1. The van der Waals surface area contributed by atoms with Crippen LogP contribution in [0, 0.1) is 11.3 Å². The molecule has 2 heterocycles. The predicted molar refractivity (Wildman–Crippen MR) is 88.5 cm³/mol. The zero-order chi connectivity index (χ0) is 16.2. The molecular weight excluding hydrogens is 312 g/mol. The Morgan fingerprint density at radius 3 is 2.91 bits per heavy atom. The van der Waals surface area contributed by atoms with Gasteiger partial charge in [-0.1, -0.05) is 6.92 Å². The van der Waals surface area contributed by atoms with E-state index >= 15 is 0 Å². The van der Waals surface area contributed by atoms with Crippen LogP contribution >= 0.6 is 11.3 Å². The number of carbonyl (C=O) groups is 1. The monoisotopic (exact) mass is 326 g/mol. The van der Waals surface area contributed by atoms with Crippen molar-refractivity contribution in [1.82, 2.24) is 0 Å². The fourth-order valence-electron chi connectivity index (χ4n) is 2.13. The van der Waals surface area contributed by atoms with Crippen LogP contribution in [0.4, 0.5) is 5.69 Å². The molecule has 6 heteroatoms. The van der Waals surface area contributed by atoms with Gasteiger partial charge in [0.25, 0.3) is 5.91 Å². The molecular formula is C17H14N2O3S. The summed E-state index contributed by atoms with van der Waals surface area (Å²) in [5.41, 5.74) is 0.619. The van der Waals surface area contributed by atoms with Gasteiger partial charge in [0.15, 0.2) is 11.5 Å². The fraction of sp³-hybridized carbons (Fsp3) is 0.176. The number of hydrogen-bond acceptors (Lipinski definition) is 5. The average Bonchev–Trinajstić information content (AvgIpc) is 3.20. The zero-order valence-corrected chi connectivity index (χ0v) is 13.3. The minimum absolute atomic E-state index is 0.0622. The number of fused-ring (bicyclic) bond motifs is 1. The highest BCUT2D eigenvalue weighted by atomic mass is 32.1. The molecule has 1 aliphatic rings. The largest absolute Gasteiger partial charge is 0.454 e. The Morgan fingerprint density at radius 2 is 2.17 bits per heavy atom. The number of nitrogens with zero attached hydrogens (tertiary/aromatic N) is 1. The first kappa shape index (κ1) is 15.1. The van der Waals surface area contributed by atoms with Crippen molar-refractivity contribution >= 4 is 29.0 Å². The molecule has 5 nitrogen and oxygen atoms in total. The van der Waals surface area contributed by atoms with Crippen LogP contribution in [0.2, 0.25) is 0 Å². The second-order valence-electron chi connectivity index (χ2n) is 4.85. The van der Waals surface area contributed by atoms with Crippen molar-refractivity contribution in [3.63, 3.8) is 0 Å². The molecule has 1 aromatic heterocycles. The van der Waals surface area contributed by atoms with Gasteiger partial charge in [-0.05, 0) is 36.8 Å². The minimum Gasteiger partial charge on any atom is -0.454 e. The van der Waals surface area contributed by atoms with E-state index in [0.29, 0.717) is 17.2 Å². The Balaban J connectivity index is 1.76. The SMILES string of the molecule is CCc1ccc(/C=C(/C#N)C(=O)Nc2ccc3c(c2)OCO3)s1. The lowest BCUT2D eigenvalue weighted by molar-refractivity contribution is -0.112. The van der Waals surface area contributed by atoms with Crippen LogP contribution < -0.4 is 14.8 Å². The summed E-state index contributed by atoms with van der Waals surface area (Å²) >= 11 is 1.57. The van der Waals surface area contributed by atoms with Crippen LogP contribution in [0.5, 0.6) is 11.5 Å². The number of amides is 1. The fourth-order valence-corrected chi connectivity index (χ4v) is 3.02. The Kier molecular flexibility index (Phi) is 4.31. The molecule has 1 N–H and O–H groups in total. The zero-order valence-electron chi connectivity index (χ0n) is 12.5. The van der Waals surface area contributed by atoms with Crippen LogP contribution in [0.25, 0.3) is 6.08 Å². The van der Waals surface area contributed by atoms with E-state index in [9.17, 15) is 10.1 Å². The van der Waals surface area contributed by atoms with Crippen molar-refractivity contribution < 1.29 is 14.3 Å². The number of ether oxygens (including phenoxy) is 2. The van der Waals surface area contributed by atoms with Gasteiger partial charge >= 0.3 is 0 Å². The highest BCUT2D eigenvalue weighted by Gasteiger charge is 2.15. The molecule has 0 spiro atoms. The molecule has 0 unspecified atom stereocenters. The Morgan fingerprint density at radius 1 is 1.35 bits per heavy atom. The van der Waals surface area contributed by atoms with E-state index in [0.717, 1.165) is 11.3 Å². The van der Waals surface area contributed by atoms with Crippen molar-refractivity contribution in [2.45, 2.75) is 13.3 Å². The topological polar surface area (TPSA) is 71.4 Å². The van der Waals surface area contributed by atoms with E-state index in [2.05, 4.69) is 12.2 Å². The van der Waals surface area contributed by atoms with Gasteiger partial charge in [-0.15, -0.1) is 11.3 Å². The molecule has 0 saturated heterocycles. The van der Waals surface area contributed by atoms with Crippen LogP contribution in [0.1, 0.15) is 16.7 Å². The number of anilines is 1. The highest BCUT2D eigenvalue weighted by Crippen LogP contribution is 2.34. The standard InChI is InChI=1S/C17H14N2O3S/c1-2-13-4-5-14(23-13)7-11(9-18)17(20)19-12-3-6-15-16(8-12)22-10-21-15/h3-8H,2,10H2,1H3,(H,19,20)/b11-7-. The molecule has 1 aromatic carbocycles. The first-order chi connectivity index (χ1) is 11.2. The van der Waals surface area contributed by atoms with E-state index in [1.807, 2.05) is 18.2 Å². The molecule has 1 amide bonds. The van der Waals surface area contributed by atoms with E-state index in [1.54, 1.807) is 35.6 Å². The first-order valence-corrected chi connectivity index (χ1v) is 7.92. The lowest BCUT2D eigenvalue weighted by Crippen LogP contribution is -2.13. The summed E-state index contributed by atoms with van der Waals surface area (Å²) in [6.07, 6.45) is 2.54. The van der Waals surface area contributed by atoms with Gasteiger partial charge in [0, 0.05) is 21.5 Å². The average molecular weight is 326 g/mol. The maximum Gasteiger partial charge on any atom is 0.266 e. The second-order valence-corrected chi connectivity index (χ2v) is 6.05. The lowest BCUT2D eigenvalue weighted by atomic mass is 10.2. The number of aryl methyl sites for hydroxylation is 1. The van der Waals surface area contributed by atoms with Gasteiger partial charge in [0.05, 0.1) is 0 Å². The Bertz CT molecular complexity index is 817. The summed E-state index contributed by atoms with van der Waals surface area (Å²) in [4.78, 5) is 14.4. The maximum atomic E-state index is 12.3. The molecule has 0 aliphatic carbocycles. The number of rotatable bonds is 4. The van der Waals surface area contributed by atoms with Crippen molar-refractivity contribution in [3.8, 4) is 17.6 Å². The van der Waals surface area contributed by atoms with E-state index in [-0.39, 0.29) is 12.4 Å². The molecule has 3 rings (SSSR count). The molecule has 0 saturated carbocycles. The number of benzene rings is 1. The Labute approximate surface area is 137 Å². The molecule has 2 aromatic rings. The smallest absolute Gasteiger partial charge is 0.266 e. The Hall–Kier alpha value is -2.78. The van der Waals surface area contributed by atoms with Gasteiger partial charge in [-0.2, -0.15) is 5.26 Å². The third kappa shape index (κ3) is 3.35. The van der Waals surface area contributed by atoms with Gasteiger partial charge in [0.2, 0.25) is 6.79 Å².